The Morgan fingerprint density at radius 2 is 2.06 bits per heavy atom. The number of Topliss-reactive ketones (excluding diaryl/α,β-unsaturated/α-hetero) is 1. The summed E-state index contributed by atoms with van der Waals surface area (Å²) in [6.07, 6.45) is 13.8. The third-order valence-corrected chi connectivity index (χ3v) is 9.79. The normalized spacial score (nSPS) is 23.3. The highest BCUT2D eigenvalue weighted by Crippen LogP contribution is 2.39. The summed E-state index contributed by atoms with van der Waals surface area (Å²) in [6.45, 7) is 2.66. The maximum atomic E-state index is 12.7. The van der Waals surface area contributed by atoms with Gasteiger partial charge >= 0.3 is 0 Å². The molecule has 5 heterocycles. The molecular formula is C40H42N4O5. The Morgan fingerprint density at radius 3 is 2.94 bits per heavy atom. The van der Waals surface area contributed by atoms with Gasteiger partial charge in [-0.15, -0.1) is 0 Å². The molecule has 252 valence electrons. The number of nitrogens with zero attached hydrogens (tertiary/aromatic N) is 2. The summed E-state index contributed by atoms with van der Waals surface area (Å²) >= 11 is 0. The lowest BCUT2D eigenvalue weighted by atomic mass is 9.86. The van der Waals surface area contributed by atoms with Crippen LogP contribution in [0.1, 0.15) is 92.0 Å². The Bertz CT molecular complexity index is 1890. The van der Waals surface area contributed by atoms with Gasteiger partial charge in [-0.1, -0.05) is 62.1 Å². The number of benzene rings is 2. The molecule has 2 aromatic rings. The number of fused-ring (bicyclic) bond motifs is 7. The van der Waals surface area contributed by atoms with Crippen molar-refractivity contribution in [2.45, 2.75) is 89.3 Å². The van der Waals surface area contributed by atoms with Crippen LogP contribution in [-0.2, 0) is 17.6 Å². The van der Waals surface area contributed by atoms with Crippen LogP contribution in [0.5, 0.6) is 11.5 Å². The van der Waals surface area contributed by atoms with E-state index in [-0.39, 0.29) is 18.4 Å². The van der Waals surface area contributed by atoms with Crippen molar-refractivity contribution < 1.29 is 24.5 Å². The van der Waals surface area contributed by atoms with Gasteiger partial charge in [-0.25, -0.2) is 0 Å². The summed E-state index contributed by atoms with van der Waals surface area (Å²) in [5.41, 5.74) is 14.0. The average molecular weight is 659 g/mol. The molecule has 5 N–H and O–H groups in total. The van der Waals surface area contributed by atoms with Crippen molar-refractivity contribution in [3.8, 4) is 35.4 Å². The maximum Gasteiger partial charge on any atom is 0.187 e. The molecular weight excluding hydrogens is 616 g/mol. The number of ketones is 1. The summed E-state index contributed by atoms with van der Waals surface area (Å²) in [5.74, 6) is 10.2. The number of carbonyl (C=O) groups excluding carboxylic acids is 1. The first-order valence-electron chi connectivity index (χ1n) is 17.3. The van der Waals surface area contributed by atoms with E-state index in [4.69, 9.17) is 20.2 Å². The first-order valence-corrected chi connectivity index (χ1v) is 17.3. The third-order valence-electron chi connectivity index (χ3n) is 9.79. The summed E-state index contributed by atoms with van der Waals surface area (Å²) in [7, 11) is 0. The van der Waals surface area contributed by atoms with Crippen molar-refractivity contribution in [1.29, 1.82) is 0 Å². The van der Waals surface area contributed by atoms with Gasteiger partial charge in [-0.05, 0) is 70.6 Å². The number of aliphatic hydroxyl groups excluding tert-OH is 2. The van der Waals surface area contributed by atoms with Gasteiger partial charge in [0.05, 0.1) is 24.3 Å². The summed E-state index contributed by atoms with van der Waals surface area (Å²) in [5, 5.41) is 25.0. The number of unbranched alkanes of at least 4 members (excludes halogenated alkanes) is 2. The fraction of sp³-hybridized carbons (Fsp3) is 0.400. The van der Waals surface area contributed by atoms with E-state index in [9.17, 15) is 15.0 Å². The zero-order valence-electron chi connectivity index (χ0n) is 27.7. The molecule has 2 bridgehead atoms. The fourth-order valence-corrected chi connectivity index (χ4v) is 7.09. The molecule has 5 aliphatic rings. The molecule has 5 aliphatic heterocycles. The van der Waals surface area contributed by atoms with Gasteiger partial charge in [0.1, 0.15) is 24.2 Å². The average Bonchev–Trinajstić information content (AvgIpc) is 3.70. The molecule has 0 aromatic heterocycles. The second-order valence-corrected chi connectivity index (χ2v) is 13.3. The smallest absolute Gasteiger partial charge is 0.187 e. The first-order chi connectivity index (χ1) is 23.9. The van der Waals surface area contributed by atoms with Gasteiger partial charge in [0.15, 0.2) is 17.7 Å². The van der Waals surface area contributed by atoms with E-state index in [0.29, 0.717) is 50.1 Å². The SMILES string of the molecule is CCCCCC(O)CC(=O)CCc1ccc2c(c1)OC1C(C#CC(O)c3ccc4c(c3CC3=CN=C5CN1C=C35)C=CNC4N)CC#CO2. The number of hydrogen-bond donors (Lipinski definition) is 4. The minimum absolute atomic E-state index is 0.0428. The lowest BCUT2D eigenvalue weighted by Crippen LogP contribution is -2.41. The highest BCUT2D eigenvalue weighted by Gasteiger charge is 2.36. The third kappa shape index (κ3) is 7.02. The Kier molecular flexibility index (Phi) is 9.59. The van der Waals surface area contributed by atoms with Crippen LogP contribution in [0.15, 0.2) is 65.1 Å². The van der Waals surface area contributed by atoms with Crippen molar-refractivity contribution in [2.24, 2.45) is 16.6 Å². The monoisotopic (exact) mass is 658 g/mol. The topological polar surface area (TPSA) is 130 Å². The number of aliphatic imine (C=N–C) groups is 1. The van der Waals surface area contributed by atoms with E-state index in [2.05, 4.69) is 47.2 Å². The highest BCUT2D eigenvalue weighted by molar-refractivity contribution is 6.09. The van der Waals surface area contributed by atoms with Crippen LogP contribution in [0.25, 0.3) is 6.08 Å². The lowest BCUT2D eigenvalue weighted by molar-refractivity contribution is -0.121. The molecule has 0 saturated heterocycles. The number of nitrogens with one attached hydrogen (secondary N) is 1. The summed E-state index contributed by atoms with van der Waals surface area (Å²) in [6, 6.07) is 9.53. The molecule has 5 unspecified atom stereocenters. The lowest BCUT2D eigenvalue weighted by Gasteiger charge is -2.32. The van der Waals surface area contributed by atoms with Crippen molar-refractivity contribution in [1.82, 2.24) is 10.2 Å². The quantitative estimate of drug-likeness (QED) is 0.220. The summed E-state index contributed by atoms with van der Waals surface area (Å²) in [4.78, 5) is 19.6. The van der Waals surface area contributed by atoms with E-state index in [0.717, 1.165) is 63.9 Å². The van der Waals surface area contributed by atoms with Gasteiger partial charge in [-0.3, -0.25) is 9.79 Å². The molecule has 5 atom stereocenters. The van der Waals surface area contributed by atoms with Crippen molar-refractivity contribution in [3.05, 3.63) is 87.9 Å². The summed E-state index contributed by atoms with van der Waals surface area (Å²) < 4.78 is 12.6. The molecule has 7 rings (SSSR count). The van der Waals surface area contributed by atoms with E-state index in [1.807, 2.05) is 48.8 Å². The molecule has 49 heavy (non-hydrogen) atoms. The van der Waals surface area contributed by atoms with E-state index >= 15 is 0 Å². The number of carbonyl (C=O) groups is 1. The highest BCUT2D eigenvalue weighted by atomic mass is 16.5. The van der Waals surface area contributed by atoms with Crippen LogP contribution >= 0.6 is 0 Å². The number of aryl methyl sites for hydroxylation is 1. The maximum absolute atomic E-state index is 12.7. The van der Waals surface area contributed by atoms with Crippen molar-refractivity contribution in [3.63, 3.8) is 0 Å². The molecule has 0 spiro atoms. The van der Waals surface area contributed by atoms with Gasteiger partial charge in [-0.2, -0.15) is 0 Å². The standard InChI is InChI=1S/C40H42N4O5/c1-2-3-4-7-28(45)21-29(46)11-8-25-9-15-37-38(19-25)49-40-26(6-5-18-48-37)10-14-36(47)31-12-13-32-30(16-17-42-39(32)41)33(31)20-27-22-43-35-24-44(40)23-34(27)35/h9,12-13,15-17,19,22-23,26,28,36,39-40,42,45,47H,2-4,6-8,11,20-21,24,41H2,1H3. The molecule has 9 heteroatoms. The Morgan fingerprint density at radius 1 is 1.18 bits per heavy atom. The number of hydrogen-bond acceptors (Lipinski definition) is 9. The number of allylic oxidation sites excluding steroid dienone is 1. The van der Waals surface area contributed by atoms with Crippen LogP contribution in [0.2, 0.25) is 0 Å². The minimum atomic E-state index is -1.04. The number of ether oxygens (including phenoxy) is 2. The van der Waals surface area contributed by atoms with E-state index in [1.54, 1.807) is 0 Å². The number of nitrogens with two attached hydrogens (primary N) is 1. The predicted octanol–water partition coefficient (Wildman–Crippen LogP) is 4.95. The zero-order chi connectivity index (χ0) is 33.9. The van der Waals surface area contributed by atoms with Crippen LogP contribution in [-0.4, -0.2) is 45.5 Å². The second-order valence-electron chi connectivity index (χ2n) is 13.3. The first kappa shape index (κ1) is 32.7. The Labute approximate surface area is 287 Å². The second kappa shape index (κ2) is 14.4. The van der Waals surface area contributed by atoms with Crippen LogP contribution in [0.3, 0.4) is 0 Å². The molecule has 0 radical (unpaired) electrons. The van der Waals surface area contributed by atoms with Crippen LogP contribution in [0, 0.1) is 29.8 Å². The fourth-order valence-electron chi connectivity index (χ4n) is 7.09. The largest absolute Gasteiger partial charge is 0.465 e. The molecule has 0 aliphatic carbocycles. The molecule has 0 saturated carbocycles. The van der Waals surface area contributed by atoms with Gasteiger partial charge in [0.2, 0.25) is 0 Å². The van der Waals surface area contributed by atoms with Crippen LogP contribution in [0.4, 0.5) is 0 Å². The predicted molar refractivity (Wildman–Crippen MR) is 188 cm³/mol. The van der Waals surface area contributed by atoms with Gasteiger partial charge in [0, 0.05) is 43.7 Å². The van der Waals surface area contributed by atoms with Gasteiger partial charge < -0.3 is 35.6 Å². The van der Waals surface area contributed by atoms with E-state index < -0.39 is 24.4 Å². The van der Waals surface area contributed by atoms with E-state index in [1.165, 1.54) is 0 Å². The molecule has 0 amide bonds. The van der Waals surface area contributed by atoms with Gasteiger partial charge in [0.25, 0.3) is 0 Å². The Balaban J connectivity index is 1.18. The van der Waals surface area contributed by atoms with Crippen molar-refractivity contribution >= 4 is 17.6 Å². The zero-order valence-corrected chi connectivity index (χ0v) is 27.7. The molecule has 2 aromatic carbocycles. The van der Waals surface area contributed by atoms with Crippen LogP contribution < -0.4 is 20.5 Å². The van der Waals surface area contributed by atoms with Crippen molar-refractivity contribution in [2.75, 3.05) is 6.54 Å². The number of aliphatic hydroxyl groups is 2. The Hall–Kier alpha value is -4.80. The molecule has 9 nitrogen and oxygen atoms in total. The number of rotatable bonds is 9. The minimum Gasteiger partial charge on any atom is -0.465 e. The molecule has 0 fully saturated rings.